The number of nitrogen functional groups attached to an aromatic ring is 1. The fourth-order valence-corrected chi connectivity index (χ4v) is 2.43. The number of anilines is 1. The van der Waals surface area contributed by atoms with E-state index in [-0.39, 0.29) is 11.6 Å². The standard InChI is InChI=1S/C14H14FN3O2/c15-10-2-1-9-5-6-18(12(9)7-10)8-11-3-4-13(20-11)14(19)17-16/h1-4,7H,5-6,8,16H2,(H,17,19). The summed E-state index contributed by atoms with van der Waals surface area (Å²) in [5.74, 6) is 5.13. The normalized spacial score (nSPS) is 13.4. The molecular formula is C14H14FN3O2. The van der Waals surface area contributed by atoms with E-state index >= 15 is 0 Å². The molecular weight excluding hydrogens is 261 g/mol. The molecule has 0 saturated heterocycles. The smallest absolute Gasteiger partial charge is 0.300 e. The first-order chi connectivity index (χ1) is 9.67. The van der Waals surface area contributed by atoms with Gasteiger partial charge in [0.25, 0.3) is 0 Å². The largest absolute Gasteiger partial charge is 0.454 e. The van der Waals surface area contributed by atoms with Gasteiger partial charge in [-0.15, -0.1) is 0 Å². The van der Waals surface area contributed by atoms with Crippen LogP contribution in [-0.2, 0) is 13.0 Å². The Morgan fingerprint density at radius 2 is 2.25 bits per heavy atom. The first-order valence-corrected chi connectivity index (χ1v) is 6.30. The molecule has 1 aromatic carbocycles. The number of carbonyl (C=O) groups is 1. The molecule has 0 unspecified atom stereocenters. The number of nitrogens with one attached hydrogen (secondary N) is 1. The third kappa shape index (κ3) is 2.25. The monoisotopic (exact) mass is 275 g/mol. The number of nitrogens with zero attached hydrogens (tertiary/aromatic N) is 1. The molecule has 3 N–H and O–H groups in total. The second-order valence-corrected chi connectivity index (χ2v) is 4.68. The quantitative estimate of drug-likeness (QED) is 0.507. The van der Waals surface area contributed by atoms with Crippen LogP contribution in [0.2, 0.25) is 0 Å². The summed E-state index contributed by atoms with van der Waals surface area (Å²) in [6.45, 7) is 1.30. The summed E-state index contributed by atoms with van der Waals surface area (Å²) in [6, 6.07) is 8.10. The molecule has 2 heterocycles. The van der Waals surface area contributed by atoms with Gasteiger partial charge in [0.2, 0.25) is 0 Å². The summed E-state index contributed by atoms with van der Waals surface area (Å²) in [6.07, 6.45) is 0.881. The third-order valence-electron chi connectivity index (χ3n) is 3.40. The minimum Gasteiger partial charge on any atom is -0.454 e. The van der Waals surface area contributed by atoms with Crippen LogP contribution in [-0.4, -0.2) is 12.5 Å². The van der Waals surface area contributed by atoms with E-state index in [2.05, 4.69) is 0 Å². The molecule has 0 spiro atoms. The highest BCUT2D eigenvalue weighted by molar-refractivity contribution is 5.90. The van der Waals surface area contributed by atoms with E-state index < -0.39 is 5.91 Å². The molecule has 104 valence electrons. The Bertz CT molecular complexity index is 654. The van der Waals surface area contributed by atoms with Crippen molar-refractivity contribution >= 4 is 11.6 Å². The van der Waals surface area contributed by atoms with Crippen molar-refractivity contribution in [2.45, 2.75) is 13.0 Å². The topological polar surface area (TPSA) is 71.5 Å². The molecule has 0 radical (unpaired) electrons. The number of hydrazine groups is 1. The molecule has 1 aliphatic rings. The molecule has 5 nitrogen and oxygen atoms in total. The van der Waals surface area contributed by atoms with Crippen molar-refractivity contribution in [3.05, 3.63) is 53.2 Å². The molecule has 0 saturated carbocycles. The van der Waals surface area contributed by atoms with Crippen molar-refractivity contribution in [3.8, 4) is 0 Å². The minimum atomic E-state index is -0.468. The summed E-state index contributed by atoms with van der Waals surface area (Å²) < 4.78 is 18.7. The molecule has 0 atom stereocenters. The van der Waals surface area contributed by atoms with Gasteiger partial charge in [-0.2, -0.15) is 0 Å². The molecule has 0 aliphatic carbocycles. The van der Waals surface area contributed by atoms with Gasteiger partial charge >= 0.3 is 5.91 Å². The number of amides is 1. The van der Waals surface area contributed by atoms with Crippen LogP contribution in [0, 0.1) is 5.82 Å². The lowest BCUT2D eigenvalue weighted by atomic mass is 10.2. The fraction of sp³-hybridized carbons (Fsp3) is 0.214. The molecule has 0 bridgehead atoms. The Labute approximate surface area is 115 Å². The predicted molar refractivity (Wildman–Crippen MR) is 71.5 cm³/mol. The van der Waals surface area contributed by atoms with Crippen molar-refractivity contribution in [1.29, 1.82) is 0 Å². The second-order valence-electron chi connectivity index (χ2n) is 4.68. The number of hydrogen-bond acceptors (Lipinski definition) is 4. The fourth-order valence-electron chi connectivity index (χ4n) is 2.43. The van der Waals surface area contributed by atoms with Gasteiger partial charge in [0.05, 0.1) is 6.54 Å². The Morgan fingerprint density at radius 3 is 3.05 bits per heavy atom. The van der Waals surface area contributed by atoms with Gasteiger partial charge in [0, 0.05) is 12.2 Å². The Hall–Kier alpha value is -2.34. The van der Waals surface area contributed by atoms with Crippen molar-refractivity contribution in [3.63, 3.8) is 0 Å². The maximum atomic E-state index is 13.3. The summed E-state index contributed by atoms with van der Waals surface area (Å²) in [5.41, 5.74) is 4.02. The molecule has 1 amide bonds. The lowest BCUT2D eigenvalue weighted by Gasteiger charge is -2.17. The maximum absolute atomic E-state index is 13.3. The summed E-state index contributed by atoms with van der Waals surface area (Å²) >= 11 is 0. The van der Waals surface area contributed by atoms with Gasteiger partial charge < -0.3 is 9.32 Å². The van der Waals surface area contributed by atoms with E-state index in [0.29, 0.717) is 12.3 Å². The van der Waals surface area contributed by atoms with E-state index in [1.807, 2.05) is 10.3 Å². The zero-order chi connectivity index (χ0) is 14.1. The number of fused-ring (bicyclic) bond motifs is 1. The summed E-state index contributed by atoms with van der Waals surface area (Å²) in [5, 5.41) is 0. The van der Waals surface area contributed by atoms with Crippen LogP contribution in [0.15, 0.2) is 34.7 Å². The number of carbonyl (C=O) groups excluding carboxylic acids is 1. The average molecular weight is 275 g/mol. The summed E-state index contributed by atoms with van der Waals surface area (Å²) in [4.78, 5) is 13.3. The number of hydrogen-bond donors (Lipinski definition) is 2. The highest BCUT2D eigenvalue weighted by Gasteiger charge is 2.21. The van der Waals surface area contributed by atoms with Crippen LogP contribution in [0.1, 0.15) is 21.9 Å². The Balaban J connectivity index is 1.79. The zero-order valence-corrected chi connectivity index (χ0v) is 10.7. The van der Waals surface area contributed by atoms with Crippen LogP contribution in [0.3, 0.4) is 0 Å². The van der Waals surface area contributed by atoms with Crippen LogP contribution in [0.5, 0.6) is 0 Å². The van der Waals surface area contributed by atoms with Crippen LogP contribution < -0.4 is 16.2 Å². The molecule has 6 heteroatoms. The molecule has 2 aromatic rings. The number of furan rings is 1. The summed E-state index contributed by atoms with van der Waals surface area (Å²) in [7, 11) is 0. The lowest BCUT2D eigenvalue weighted by molar-refractivity contribution is 0.0924. The number of benzene rings is 1. The van der Waals surface area contributed by atoms with Crippen molar-refractivity contribution in [2.24, 2.45) is 5.84 Å². The van der Waals surface area contributed by atoms with E-state index in [4.69, 9.17) is 10.3 Å². The molecule has 20 heavy (non-hydrogen) atoms. The van der Waals surface area contributed by atoms with Crippen molar-refractivity contribution < 1.29 is 13.6 Å². The second kappa shape index (κ2) is 4.97. The van der Waals surface area contributed by atoms with E-state index in [1.165, 1.54) is 12.1 Å². The van der Waals surface area contributed by atoms with Crippen LogP contribution in [0.4, 0.5) is 10.1 Å². The van der Waals surface area contributed by atoms with Crippen LogP contribution >= 0.6 is 0 Å². The van der Waals surface area contributed by atoms with Crippen molar-refractivity contribution in [2.75, 3.05) is 11.4 Å². The van der Waals surface area contributed by atoms with Gasteiger partial charge in [-0.05, 0) is 36.2 Å². The highest BCUT2D eigenvalue weighted by atomic mass is 19.1. The first kappa shape index (κ1) is 12.7. The van der Waals surface area contributed by atoms with Crippen LogP contribution in [0.25, 0.3) is 0 Å². The number of halogens is 1. The van der Waals surface area contributed by atoms with Gasteiger partial charge in [-0.1, -0.05) is 6.07 Å². The van der Waals surface area contributed by atoms with E-state index in [9.17, 15) is 9.18 Å². The molecule has 0 fully saturated rings. The van der Waals surface area contributed by atoms with Gasteiger partial charge in [-0.3, -0.25) is 10.2 Å². The highest BCUT2D eigenvalue weighted by Crippen LogP contribution is 2.30. The third-order valence-corrected chi connectivity index (χ3v) is 3.40. The zero-order valence-electron chi connectivity index (χ0n) is 10.7. The Morgan fingerprint density at radius 1 is 1.40 bits per heavy atom. The minimum absolute atomic E-state index is 0.168. The van der Waals surface area contributed by atoms with Crippen molar-refractivity contribution in [1.82, 2.24) is 5.43 Å². The molecule has 1 aliphatic heterocycles. The average Bonchev–Trinajstić information content (AvgIpc) is 3.06. The van der Waals surface area contributed by atoms with E-state index in [1.54, 1.807) is 18.2 Å². The maximum Gasteiger partial charge on any atom is 0.300 e. The first-order valence-electron chi connectivity index (χ1n) is 6.30. The molecule has 1 aromatic heterocycles. The Kier molecular flexibility index (Phi) is 3.15. The van der Waals surface area contributed by atoms with Gasteiger partial charge in [-0.25, -0.2) is 10.2 Å². The van der Waals surface area contributed by atoms with Gasteiger partial charge in [0.1, 0.15) is 11.6 Å². The molecule has 3 rings (SSSR count). The van der Waals surface area contributed by atoms with Gasteiger partial charge in [0.15, 0.2) is 5.76 Å². The lowest BCUT2D eigenvalue weighted by Crippen LogP contribution is -2.29. The predicted octanol–water partition coefficient (Wildman–Crippen LogP) is 1.58. The van der Waals surface area contributed by atoms with E-state index in [0.717, 1.165) is 24.2 Å². The number of rotatable bonds is 3. The SMILES string of the molecule is NNC(=O)c1ccc(CN2CCc3ccc(F)cc32)o1. The number of nitrogens with two attached hydrogens (primary N) is 1.